The van der Waals surface area contributed by atoms with E-state index in [1.54, 1.807) is 29.6 Å². The summed E-state index contributed by atoms with van der Waals surface area (Å²) in [5.41, 5.74) is 6.94. The van der Waals surface area contributed by atoms with Gasteiger partial charge in [0.25, 0.3) is 0 Å². The third-order valence-electron chi connectivity index (χ3n) is 8.46. The zero-order valence-electron chi connectivity index (χ0n) is 27.9. The lowest BCUT2D eigenvalue weighted by molar-refractivity contribution is -0.166. The van der Waals surface area contributed by atoms with Gasteiger partial charge in [-0.05, 0) is 75.2 Å². The average Bonchev–Trinajstić information content (AvgIpc) is 3.08. The molecule has 2 fully saturated rings. The minimum absolute atomic E-state index is 0.311. The molecule has 10 heteroatoms. The van der Waals surface area contributed by atoms with Crippen LogP contribution in [0.25, 0.3) is 0 Å². The van der Waals surface area contributed by atoms with E-state index in [0.717, 1.165) is 53.9 Å². The van der Waals surface area contributed by atoms with Crippen molar-refractivity contribution >= 4 is 46.8 Å². The number of benzene rings is 4. The van der Waals surface area contributed by atoms with Crippen molar-refractivity contribution in [3.63, 3.8) is 0 Å². The van der Waals surface area contributed by atoms with E-state index >= 15 is 0 Å². The maximum atomic E-state index is 13.0. The maximum Gasteiger partial charge on any atom is 0.422 e. The standard InChI is InChI=1S/C38H42N4O4S2/c1-25-9-12-32(27(3)21-25)47-34-8-6-5-7-30(34)42-20-17-40-36(24-42)46-38(44)37(43)45-29-11-14-35(31(23-29)41-18-15-39-16-19-41)48-33-13-10-26(2)22-28(33)4/h5-14,21-23,36,39-40H,15-20,24H2,1-4H3. The van der Waals surface area contributed by atoms with Crippen molar-refractivity contribution in [3.05, 3.63) is 101 Å². The zero-order chi connectivity index (χ0) is 33.6. The van der Waals surface area contributed by atoms with E-state index in [-0.39, 0.29) is 0 Å². The van der Waals surface area contributed by atoms with Crippen molar-refractivity contribution in [1.29, 1.82) is 0 Å². The van der Waals surface area contributed by atoms with Gasteiger partial charge in [-0.25, -0.2) is 9.59 Å². The van der Waals surface area contributed by atoms with Crippen molar-refractivity contribution in [2.45, 2.75) is 53.5 Å². The highest BCUT2D eigenvalue weighted by Gasteiger charge is 2.29. The Balaban J connectivity index is 1.12. The van der Waals surface area contributed by atoms with Crippen LogP contribution >= 0.6 is 23.5 Å². The number of ether oxygens (including phenoxy) is 2. The third-order valence-corrected chi connectivity index (χ3v) is 10.9. The van der Waals surface area contributed by atoms with Gasteiger partial charge in [0.2, 0.25) is 0 Å². The molecule has 4 aromatic rings. The quantitative estimate of drug-likeness (QED) is 0.122. The van der Waals surface area contributed by atoms with Crippen molar-refractivity contribution < 1.29 is 19.1 Å². The molecule has 0 aromatic heterocycles. The van der Waals surface area contributed by atoms with Gasteiger partial charge in [0, 0.05) is 64.9 Å². The number of anilines is 2. The Labute approximate surface area is 291 Å². The van der Waals surface area contributed by atoms with Crippen molar-refractivity contribution in [2.75, 3.05) is 55.6 Å². The summed E-state index contributed by atoms with van der Waals surface area (Å²) in [6.07, 6.45) is -0.661. The van der Waals surface area contributed by atoms with Crippen LogP contribution in [0.15, 0.2) is 98.4 Å². The van der Waals surface area contributed by atoms with E-state index in [0.29, 0.717) is 18.8 Å². The van der Waals surface area contributed by atoms with Crippen LogP contribution in [0.1, 0.15) is 22.3 Å². The highest BCUT2D eigenvalue weighted by atomic mass is 32.2. The SMILES string of the molecule is Cc1ccc(Sc2ccc(OC(=O)C(=O)OC3CN(c4ccccc4Sc4ccc(C)cc4C)CCN3)cc2N2CCNCC2)c(C)c1. The van der Waals surface area contributed by atoms with Crippen LogP contribution in [0.4, 0.5) is 11.4 Å². The molecular formula is C38H42N4O4S2. The maximum absolute atomic E-state index is 13.0. The van der Waals surface area contributed by atoms with E-state index < -0.39 is 18.2 Å². The van der Waals surface area contributed by atoms with Gasteiger partial charge in [-0.2, -0.15) is 0 Å². The topological polar surface area (TPSA) is 83.1 Å². The summed E-state index contributed by atoms with van der Waals surface area (Å²) in [6, 6.07) is 26.7. The van der Waals surface area contributed by atoms with Crippen molar-refractivity contribution in [2.24, 2.45) is 0 Å². The van der Waals surface area contributed by atoms with Crippen LogP contribution < -0.4 is 25.2 Å². The Morgan fingerprint density at radius 1 is 0.667 bits per heavy atom. The summed E-state index contributed by atoms with van der Waals surface area (Å²) in [4.78, 5) is 35.1. The number of piperazine rings is 2. The number of nitrogens with zero attached hydrogens (tertiary/aromatic N) is 2. The second-order valence-electron chi connectivity index (χ2n) is 12.3. The number of carbonyl (C=O) groups excluding carboxylic acids is 2. The van der Waals surface area contributed by atoms with Gasteiger partial charge in [0.1, 0.15) is 5.75 Å². The lowest BCUT2D eigenvalue weighted by atomic mass is 10.2. The van der Waals surface area contributed by atoms with Gasteiger partial charge in [0.05, 0.1) is 17.9 Å². The first kappa shape index (κ1) is 33.9. The second kappa shape index (κ2) is 15.5. The molecule has 0 spiro atoms. The Morgan fingerprint density at radius 2 is 1.27 bits per heavy atom. The molecule has 0 radical (unpaired) electrons. The molecule has 8 nitrogen and oxygen atoms in total. The highest BCUT2D eigenvalue weighted by Crippen LogP contribution is 2.40. The minimum atomic E-state index is -1.04. The summed E-state index contributed by atoms with van der Waals surface area (Å²) >= 11 is 3.42. The molecule has 0 bridgehead atoms. The fourth-order valence-corrected chi connectivity index (χ4v) is 8.07. The third kappa shape index (κ3) is 8.36. The van der Waals surface area contributed by atoms with Gasteiger partial charge >= 0.3 is 11.9 Å². The summed E-state index contributed by atoms with van der Waals surface area (Å²) in [5, 5.41) is 6.62. The number of carbonyl (C=O) groups is 2. The van der Waals surface area contributed by atoms with E-state index in [1.807, 2.05) is 24.3 Å². The molecule has 1 unspecified atom stereocenters. The summed E-state index contributed by atoms with van der Waals surface area (Å²) in [6.45, 7) is 13.6. The van der Waals surface area contributed by atoms with Crippen LogP contribution in [0.5, 0.6) is 5.75 Å². The monoisotopic (exact) mass is 682 g/mol. The first-order valence-electron chi connectivity index (χ1n) is 16.3. The van der Waals surface area contributed by atoms with Gasteiger partial charge in [-0.1, -0.05) is 71.0 Å². The molecule has 2 heterocycles. The molecule has 2 N–H and O–H groups in total. The van der Waals surface area contributed by atoms with E-state index in [2.05, 4.69) is 96.7 Å². The molecule has 6 rings (SSSR count). The molecule has 250 valence electrons. The van der Waals surface area contributed by atoms with Crippen LogP contribution in [-0.2, 0) is 14.3 Å². The predicted octanol–water partition coefficient (Wildman–Crippen LogP) is 6.52. The van der Waals surface area contributed by atoms with Crippen LogP contribution in [0.3, 0.4) is 0 Å². The Hall–Kier alpha value is -3.96. The number of esters is 2. The smallest absolute Gasteiger partial charge is 0.422 e. The number of nitrogens with one attached hydrogen (secondary N) is 2. The number of rotatable bonds is 8. The Bertz CT molecular complexity index is 1790. The number of para-hydroxylation sites is 1. The molecular weight excluding hydrogens is 641 g/mol. The van der Waals surface area contributed by atoms with Crippen LogP contribution in [0, 0.1) is 27.7 Å². The van der Waals surface area contributed by atoms with Gasteiger partial charge in [-0.15, -0.1) is 0 Å². The minimum Gasteiger partial charge on any atom is -0.436 e. The molecule has 48 heavy (non-hydrogen) atoms. The highest BCUT2D eigenvalue weighted by molar-refractivity contribution is 7.99. The fourth-order valence-electron chi connectivity index (χ4n) is 6.01. The van der Waals surface area contributed by atoms with Gasteiger partial charge < -0.3 is 24.6 Å². The molecule has 4 aromatic carbocycles. The normalized spacial score (nSPS) is 16.5. The molecule has 2 saturated heterocycles. The first-order valence-corrected chi connectivity index (χ1v) is 18.0. The second-order valence-corrected chi connectivity index (χ2v) is 14.4. The van der Waals surface area contributed by atoms with E-state index in [9.17, 15) is 9.59 Å². The molecule has 1 atom stereocenters. The fraction of sp³-hybridized carbons (Fsp3) is 0.316. The summed E-state index contributed by atoms with van der Waals surface area (Å²) < 4.78 is 11.2. The average molecular weight is 683 g/mol. The molecule has 0 amide bonds. The number of hydrogen-bond acceptors (Lipinski definition) is 10. The van der Waals surface area contributed by atoms with Crippen molar-refractivity contribution in [3.8, 4) is 5.75 Å². The van der Waals surface area contributed by atoms with Crippen LogP contribution in [0.2, 0.25) is 0 Å². The largest absolute Gasteiger partial charge is 0.436 e. The number of hydrogen-bond donors (Lipinski definition) is 2. The molecule has 2 aliphatic heterocycles. The van der Waals surface area contributed by atoms with Gasteiger partial charge in [-0.3, -0.25) is 5.32 Å². The van der Waals surface area contributed by atoms with E-state index in [4.69, 9.17) is 9.47 Å². The summed E-state index contributed by atoms with van der Waals surface area (Å²) in [5.74, 6) is -1.75. The zero-order valence-corrected chi connectivity index (χ0v) is 29.5. The molecule has 0 aliphatic carbocycles. The predicted molar refractivity (Wildman–Crippen MR) is 194 cm³/mol. The first-order chi connectivity index (χ1) is 23.2. The van der Waals surface area contributed by atoms with E-state index in [1.165, 1.54) is 32.0 Å². The summed E-state index contributed by atoms with van der Waals surface area (Å²) in [7, 11) is 0. The lowest BCUT2D eigenvalue weighted by Crippen LogP contribution is -2.53. The Morgan fingerprint density at radius 3 is 1.94 bits per heavy atom. The van der Waals surface area contributed by atoms with Crippen LogP contribution in [-0.4, -0.2) is 64.0 Å². The number of aryl methyl sites for hydroxylation is 4. The molecule has 0 saturated carbocycles. The van der Waals surface area contributed by atoms with Gasteiger partial charge in [0.15, 0.2) is 6.23 Å². The van der Waals surface area contributed by atoms with Crippen molar-refractivity contribution in [1.82, 2.24) is 10.6 Å². The molecule has 2 aliphatic rings. The Kier molecular flexibility index (Phi) is 11.0. The lowest BCUT2D eigenvalue weighted by Gasteiger charge is -2.35.